The third-order valence-corrected chi connectivity index (χ3v) is 9.13. The van der Waals surface area contributed by atoms with Gasteiger partial charge in [-0.05, 0) is 96.8 Å². The number of phenols is 1. The first kappa shape index (κ1) is 24.3. The Morgan fingerprint density at radius 1 is 1.24 bits per heavy atom. The van der Waals surface area contributed by atoms with E-state index in [1.165, 1.54) is 5.56 Å². The maximum Gasteiger partial charge on any atom is 0.304 e. The summed E-state index contributed by atoms with van der Waals surface area (Å²) >= 11 is 0. The highest BCUT2D eigenvalue weighted by Crippen LogP contribution is 2.69. The SMILES string of the molecule is C=CC12CCc3cc(O)ccc3[C@H]1[C@@H](CCCC[C@H](O)C(F)=C(F)F)C[C@]1(C)[C@@H](O)CC[C@@H]21. The number of unbranched alkanes of at least 4 members (excludes halogenated alkanes) is 1. The lowest BCUT2D eigenvalue weighted by Crippen LogP contribution is -2.54. The molecule has 2 saturated carbocycles. The number of rotatable bonds is 7. The highest BCUT2D eigenvalue weighted by molar-refractivity contribution is 5.43. The van der Waals surface area contributed by atoms with Crippen molar-refractivity contribution in [1.82, 2.24) is 0 Å². The standard InChI is InChI=1S/C27H35F3O3/c1-3-27-13-12-16-14-18(31)8-9-19(16)23(27)17(15-26(2)21(27)10-11-22(26)33)6-4-5-7-20(32)24(28)25(29)30/h3,8-9,14,17,20-23,31-33H,1,4-7,10-13,15H2,2H3/t17-,20-,21+,22-,23+,26-,27?/m0/s1. The molecule has 182 valence electrons. The Labute approximate surface area is 194 Å². The Morgan fingerprint density at radius 3 is 2.70 bits per heavy atom. The third kappa shape index (κ3) is 4.03. The first-order chi connectivity index (χ1) is 15.6. The summed E-state index contributed by atoms with van der Waals surface area (Å²) in [5, 5.41) is 30.7. The van der Waals surface area contributed by atoms with Gasteiger partial charge in [0.05, 0.1) is 6.10 Å². The van der Waals surface area contributed by atoms with Crippen molar-refractivity contribution >= 4 is 0 Å². The molecule has 0 amide bonds. The van der Waals surface area contributed by atoms with Gasteiger partial charge >= 0.3 is 6.08 Å². The van der Waals surface area contributed by atoms with Crippen LogP contribution in [-0.4, -0.2) is 27.5 Å². The number of hydrogen-bond acceptors (Lipinski definition) is 3. The highest BCUT2D eigenvalue weighted by atomic mass is 19.3. The van der Waals surface area contributed by atoms with Gasteiger partial charge in [0.25, 0.3) is 0 Å². The molecule has 1 aromatic carbocycles. The second-order valence-electron chi connectivity index (χ2n) is 10.7. The molecule has 33 heavy (non-hydrogen) atoms. The summed E-state index contributed by atoms with van der Waals surface area (Å²) in [5.74, 6) is -0.709. The zero-order valence-corrected chi connectivity index (χ0v) is 19.2. The van der Waals surface area contributed by atoms with Crippen molar-refractivity contribution in [2.24, 2.45) is 22.7 Å². The topological polar surface area (TPSA) is 60.7 Å². The van der Waals surface area contributed by atoms with E-state index in [0.717, 1.165) is 44.1 Å². The molecule has 3 aliphatic rings. The fraction of sp³-hybridized carbons (Fsp3) is 0.630. The lowest BCUT2D eigenvalue weighted by molar-refractivity contribution is -0.0813. The smallest absolute Gasteiger partial charge is 0.304 e. The van der Waals surface area contributed by atoms with E-state index < -0.39 is 18.0 Å². The molecule has 0 aromatic heterocycles. The van der Waals surface area contributed by atoms with E-state index in [-0.39, 0.29) is 40.9 Å². The molecule has 0 bridgehead atoms. The number of aromatic hydroxyl groups is 1. The zero-order valence-electron chi connectivity index (χ0n) is 19.2. The Balaban J connectivity index is 1.61. The molecule has 1 unspecified atom stereocenters. The molecular weight excluding hydrogens is 429 g/mol. The molecule has 7 atom stereocenters. The van der Waals surface area contributed by atoms with Gasteiger partial charge in [-0.15, -0.1) is 6.58 Å². The Hall–Kier alpha value is -1.79. The van der Waals surface area contributed by atoms with Crippen molar-refractivity contribution in [3.63, 3.8) is 0 Å². The van der Waals surface area contributed by atoms with E-state index in [1.54, 1.807) is 6.07 Å². The molecule has 3 aliphatic carbocycles. The van der Waals surface area contributed by atoms with Gasteiger partial charge in [-0.25, -0.2) is 4.39 Å². The normalized spacial score (nSPS) is 35.8. The number of hydrogen-bond donors (Lipinski definition) is 3. The largest absolute Gasteiger partial charge is 0.508 e. The second-order valence-corrected chi connectivity index (χ2v) is 10.7. The molecular formula is C27H35F3O3. The predicted octanol–water partition coefficient (Wildman–Crippen LogP) is 6.39. The average molecular weight is 465 g/mol. The van der Waals surface area contributed by atoms with Crippen molar-refractivity contribution in [1.29, 1.82) is 0 Å². The van der Waals surface area contributed by atoms with E-state index in [4.69, 9.17) is 0 Å². The predicted molar refractivity (Wildman–Crippen MR) is 122 cm³/mol. The van der Waals surface area contributed by atoms with Crippen molar-refractivity contribution < 1.29 is 28.5 Å². The number of aryl methyl sites for hydroxylation is 1. The Bertz CT molecular complexity index is 927. The fourth-order valence-electron chi connectivity index (χ4n) is 7.69. The number of fused-ring (bicyclic) bond motifs is 5. The van der Waals surface area contributed by atoms with Gasteiger partial charge in [0.1, 0.15) is 11.9 Å². The summed E-state index contributed by atoms with van der Waals surface area (Å²) in [6.45, 7) is 6.47. The van der Waals surface area contributed by atoms with E-state index in [0.29, 0.717) is 18.8 Å². The second kappa shape index (κ2) is 9.10. The molecule has 3 N–H and O–H groups in total. The van der Waals surface area contributed by atoms with Gasteiger partial charge in [-0.3, -0.25) is 0 Å². The van der Waals surface area contributed by atoms with Crippen LogP contribution in [0.15, 0.2) is 42.8 Å². The van der Waals surface area contributed by atoms with Gasteiger partial charge in [0.2, 0.25) is 0 Å². The maximum absolute atomic E-state index is 13.3. The lowest BCUT2D eigenvalue weighted by Gasteiger charge is -2.60. The van der Waals surface area contributed by atoms with Crippen LogP contribution in [-0.2, 0) is 6.42 Å². The maximum atomic E-state index is 13.3. The van der Waals surface area contributed by atoms with Crippen molar-refractivity contribution in [3.05, 3.63) is 53.9 Å². The minimum atomic E-state index is -2.46. The van der Waals surface area contributed by atoms with Gasteiger partial charge in [0.15, 0.2) is 5.83 Å². The van der Waals surface area contributed by atoms with E-state index in [9.17, 15) is 28.5 Å². The quantitative estimate of drug-likeness (QED) is 0.324. The molecule has 0 saturated heterocycles. The number of halogens is 3. The molecule has 4 rings (SSSR count). The summed E-state index contributed by atoms with van der Waals surface area (Å²) in [7, 11) is 0. The Kier molecular flexibility index (Phi) is 6.71. The first-order valence-electron chi connectivity index (χ1n) is 12.2. The van der Waals surface area contributed by atoms with Gasteiger partial charge in [0, 0.05) is 0 Å². The van der Waals surface area contributed by atoms with Crippen molar-refractivity contribution in [3.8, 4) is 5.75 Å². The summed E-state index contributed by atoms with van der Waals surface area (Å²) in [6.07, 6.45) is 3.80. The van der Waals surface area contributed by atoms with Crippen LogP contribution in [0.2, 0.25) is 0 Å². The summed E-state index contributed by atoms with van der Waals surface area (Å²) < 4.78 is 38.1. The van der Waals surface area contributed by atoms with Crippen LogP contribution >= 0.6 is 0 Å². The third-order valence-electron chi connectivity index (χ3n) is 9.13. The van der Waals surface area contributed by atoms with Crippen LogP contribution < -0.4 is 0 Å². The van der Waals surface area contributed by atoms with E-state index in [2.05, 4.69) is 19.6 Å². The first-order valence-corrected chi connectivity index (χ1v) is 12.2. The monoisotopic (exact) mass is 464 g/mol. The molecule has 0 spiro atoms. The molecule has 1 aromatic rings. The molecule has 2 fully saturated rings. The Morgan fingerprint density at radius 2 is 2.00 bits per heavy atom. The lowest BCUT2D eigenvalue weighted by atomic mass is 9.44. The summed E-state index contributed by atoms with van der Waals surface area (Å²) in [5.41, 5.74) is 2.03. The number of aliphatic hydroxyl groups excluding tert-OH is 2. The molecule has 0 radical (unpaired) electrons. The van der Waals surface area contributed by atoms with Crippen LogP contribution in [0.3, 0.4) is 0 Å². The number of benzene rings is 1. The summed E-state index contributed by atoms with van der Waals surface area (Å²) in [6, 6.07) is 5.62. The zero-order chi connectivity index (χ0) is 24.0. The van der Waals surface area contributed by atoms with E-state index in [1.807, 2.05) is 12.1 Å². The van der Waals surface area contributed by atoms with Gasteiger partial charge in [-0.2, -0.15) is 8.78 Å². The minimum Gasteiger partial charge on any atom is -0.508 e. The summed E-state index contributed by atoms with van der Waals surface area (Å²) in [4.78, 5) is 0. The average Bonchev–Trinajstić information content (AvgIpc) is 3.09. The van der Waals surface area contributed by atoms with Gasteiger partial charge < -0.3 is 15.3 Å². The minimum absolute atomic E-state index is 0.0415. The van der Waals surface area contributed by atoms with Crippen LogP contribution in [0.1, 0.15) is 75.3 Å². The molecule has 3 nitrogen and oxygen atoms in total. The van der Waals surface area contributed by atoms with Crippen LogP contribution in [0.25, 0.3) is 0 Å². The van der Waals surface area contributed by atoms with Crippen LogP contribution in [0.5, 0.6) is 5.75 Å². The van der Waals surface area contributed by atoms with Crippen LogP contribution in [0, 0.1) is 22.7 Å². The number of phenolic OH excluding ortho intramolecular Hbond substituents is 1. The van der Waals surface area contributed by atoms with Gasteiger partial charge in [-0.1, -0.05) is 31.9 Å². The highest BCUT2D eigenvalue weighted by Gasteiger charge is 2.63. The van der Waals surface area contributed by atoms with Crippen LogP contribution in [0.4, 0.5) is 13.2 Å². The fourth-order valence-corrected chi connectivity index (χ4v) is 7.69. The molecule has 6 heteroatoms. The van der Waals surface area contributed by atoms with E-state index >= 15 is 0 Å². The number of allylic oxidation sites excluding steroid dienone is 1. The van der Waals surface area contributed by atoms with Crippen molar-refractivity contribution in [2.75, 3.05) is 0 Å². The molecule has 0 aliphatic heterocycles. The molecule has 0 heterocycles. The number of aliphatic hydroxyl groups is 2. The van der Waals surface area contributed by atoms with Crippen molar-refractivity contribution in [2.45, 2.75) is 82.8 Å².